The molecule has 0 spiro atoms. The van der Waals surface area contributed by atoms with Crippen LogP contribution in [0.3, 0.4) is 0 Å². The van der Waals surface area contributed by atoms with Crippen LogP contribution < -0.4 is 10.6 Å². The summed E-state index contributed by atoms with van der Waals surface area (Å²) in [6, 6.07) is 2.68. The number of anilines is 2. The summed E-state index contributed by atoms with van der Waals surface area (Å²) in [5.41, 5.74) is 5.40. The second-order valence-corrected chi connectivity index (χ2v) is 4.07. The molecule has 2 rings (SSSR count). The minimum Gasteiger partial charge on any atom is -0.384 e. The number of hydrogen-bond donors (Lipinski definition) is 1. The molecule has 0 saturated carbocycles. The topological polar surface area (TPSA) is 106 Å². The number of nitrogens with two attached hydrogens (primary N) is 1. The van der Waals surface area contributed by atoms with Gasteiger partial charge < -0.3 is 15.5 Å². The van der Waals surface area contributed by atoms with Crippen LogP contribution in [0.4, 0.5) is 17.3 Å². The lowest BCUT2D eigenvalue weighted by molar-refractivity contribution is -0.384. The van der Waals surface area contributed by atoms with E-state index >= 15 is 0 Å². The second kappa shape index (κ2) is 4.47. The second-order valence-electron chi connectivity index (χ2n) is 4.07. The van der Waals surface area contributed by atoms with Crippen molar-refractivity contribution >= 4 is 23.2 Å². The van der Waals surface area contributed by atoms with E-state index in [1.165, 1.54) is 12.1 Å². The van der Waals surface area contributed by atoms with E-state index in [-0.39, 0.29) is 29.8 Å². The molecule has 1 aromatic heterocycles. The molecule has 96 valence electrons. The first-order valence-corrected chi connectivity index (χ1v) is 5.39. The van der Waals surface area contributed by atoms with Crippen LogP contribution in [-0.2, 0) is 4.79 Å². The number of aromatic nitrogens is 1. The maximum absolute atomic E-state index is 11.6. The van der Waals surface area contributed by atoms with Crippen molar-refractivity contribution in [2.75, 3.05) is 37.3 Å². The standard InChI is InChI=1S/C10H13N5O3/c1-13-4-5-14(6-9(13)16)10-7(15(17)18)2-3-8(11)12-10/h2-3H,4-6H2,1H3,(H2,11,12). The summed E-state index contributed by atoms with van der Waals surface area (Å²) in [5.74, 6) is 0.253. The van der Waals surface area contributed by atoms with Crippen LogP contribution in [0, 0.1) is 10.1 Å². The summed E-state index contributed by atoms with van der Waals surface area (Å²) >= 11 is 0. The summed E-state index contributed by atoms with van der Waals surface area (Å²) in [6.45, 7) is 1.08. The molecule has 0 bridgehead atoms. The van der Waals surface area contributed by atoms with E-state index in [1.807, 2.05) is 0 Å². The summed E-state index contributed by atoms with van der Waals surface area (Å²) in [4.78, 5) is 29.1. The number of amides is 1. The maximum Gasteiger partial charge on any atom is 0.311 e. The van der Waals surface area contributed by atoms with Gasteiger partial charge in [0.15, 0.2) is 0 Å². The van der Waals surface area contributed by atoms with Gasteiger partial charge in [0.05, 0.1) is 11.5 Å². The van der Waals surface area contributed by atoms with Gasteiger partial charge in [-0.1, -0.05) is 0 Å². The number of hydrogen-bond acceptors (Lipinski definition) is 6. The molecule has 1 aliphatic rings. The van der Waals surface area contributed by atoms with Crippen molar-refractivity contribution in [3.05, 3.63) is 22.2 Å². The van der Waals surface area contributed by atoms with Gasteiger partial charge in [-0.3, -0.25) is 14.9 Å². The number of nitro groups is 1. The Hall–Kier alpha value is -2.38. The fraction of sp³-hybridized carbons (Fsp3) is 0.400. The van der Waals surface area contributed by atoms with Gasteiger partial charge in [-0.05, 0) is 6.07 Å². The molecule has 0 radical (unpaired) electrons. The highest BCUT2D eigenvalue weighted by Crippen LogP contribution is 2.27. The number of pyridine rings is 1. The smallest absolute Gasteiger partial charge is 0.311 e. The molecule has 1 amide bonds. The first-order valence-electron chi connectivity index (χ1n) is 5.39. The molecule has 0 unspecified atom stereocenters. The number of carbonyl (C=O) groups is 1. The van der Waals surface area contributed by atoms with E-state index < -0.39 is 4.92 Å². The highest BCUT2D eigenvalue weighted by atomic mass is 16.6. The van der Waals surface area contributed by atoms with Gasteiger partial charge in [0.1, 0.15) is 5.82 Å². The SMILES string of the molecule is CN1CCN(c2nc(N)ccc2[N+](=O)[O-])CC1=O. The Morgan fingerprint density at radius 1 is 1.44 bits per heavy atom. The third-order valence-corrected chi connectivity index (χ3v) is 2.83. The largest absolute Gasteiger partial charge is 0.384 e. The van der Waals surface area contributed by atoms with Gasteiger partial charge in [0.2, 0.25) is 11.7 Å². The Bertz CT molecular complexity index is 504. The van der Waals surface area contributed by atoms with Gasteiger partial charge in [-0.15, -0.1) is 0 Å². The van der Waals surface area contributed by atoms with Gasteiger partial charge in [0.25, 0.3) is 0 Å². The van der Waals surface area contributed by atoms with Crippen LogP contribution in [-0.4, -0.2) is 47.4 Å². The minimum atomic E-state index is -0.523. The lowest BCUT2D eigenvalue weighted by atomic mass is 10.3. The lowest BCUT2D eigenvalue weighted by Gasteiger charge is -2.32. The van der Waals surface area contributed by atoms with Crippen molar-refractivity contribution in [2.45, 2.75) is 0 Å². The number of carbonyl (C=O) groups excluding carboxylic acids is 1. The van der Waals surface area contributed by atoms with Gasteiger partial charge >= 0.3 is 5.69 Å². The molecule has 0 atom stereocenters. The quantitative estimate of drug-likeness (QED) is 0.578. The van der Waals surface area contributed by atoms with E-state index in [4.69, 9.17) is 5.73 Å². The molecular weight excluding hydrogens is 238 g/mol. The molecule has 1 aliphatic heterocycles. The van der Waals surface area contributed by atoms with Crippen LogP contribution >= 0.6 is 0 Å². The number of nitrogen functional groups attached to an aromatic ring is 1. The zero-order chi connectivity index (χ0) is 13.3. The van der Waals surface area contributed by atoms with Gasteiger partial charge in [0, 0.05) is 26.2 Å². The van der Waals surface area contributed by atoms with E-state index in [2.05, 4.69) is 4.98 Å². The first-order chi connectivity index (χ1) is 8.49. The van der Waals surface area contributed by atoms with Crippen molar-refractivity contribution in [1.82, 2.24) is 9.88 Å². The molecule has 0 aromatic carbocycles. The van der Waals surface area contributed by atoms with Crippen molar-refractivity contribution in [2.24, 2.45) is 0 Å². The number of nitrogens with zero attached hydrogens (tertiary/aromatic N) is 4. The Morgan fingerprint density at radius 2 is 2.17 bits per heavy atom. The first kappa shape index (κ1) is 12.1. The molecule has 8 nitrogen and oxygen atoms in total. The van der Waals surface area contributed by atoms with Crippen LogP contribution in [0.2, 0.25) is 0 Å². The van der Waals surface area contributed by atoms with Gasteiger partial charge in [-0.2, -0.15) is 0 Å². The van der Waals surface area contributed by atoms with E-state index in [0.29, 0.717) is 13.1 Å². The monoisotopic (exact) mass is 251 g/mol. The fourth-order valence-electron chi connectivity index (χ4n) is 1.77. The summed E-state index contributed by atoms with van der Waals surface area (Å²) in [6.07, 6.45) is 0. The highest BCUT2D eigenvalue weighted by Gasteiger charge is 2.27. The molecular formula is C10H13N5O3. The predicted molar refractivity (Wildman–Crippen MR) is 65.2 cm³/mol. The molecule has 18 heavy (non-hydrogen) atoms. The van der Waals surface area contributed by atoms with Crippen LogP contribution in [0.1, 0.15) is 0 Å². The number of rotatable bonds is 2. The van der Waals surface area contributed by atoms with E-state index in [0.717, 1.165) is 0 Å². The average molecular weight is 251 g/mol. The fourth-order valence-corrected chi connectivity index (χ4v) is 1.77. The number of piperazine rings is 1. The molecule has 1 saturated heterocycles. The van der Waals surface area contributed by atoms with Crippen molar-refractivity contribution in [3.63, 3.8) is 0 Å². The van der Waals surface area contributed by atoms with Crippen molar-refractivity contribution in [3.8, 4) is 0 Å². The minimum absolute atomic E-state index is 0.0772. The lowest BCUT2D eigenvalue weighted by Crippen LogP contribution is -2.49. The van der Waals surface area contributed by atoms with Crippen molar-refractivity contribution in [1.29, 1.82) is 0 Å². The Morgan fingerprint density at radius 3 is 2.78 bits per heavy atom. The zero-order valence-electron chi connectivity index (χ0n) is 9.87. The van der Waals surface area contributed by atoms with Crippen LogP contribution in [0.5, 0.6) is 0 Å². The van der Waals surface area contributed by atoms with Crippen LogP contribution in [0.15, 0.2) is 12.1 Å². The predicted octanol–water partition coefficient (Wildman–Crippen LogP) is -0.150. The molecule has 0 aliphatic carbocycles. The molecule has 1 aromatic rings. The average Bonchev–Trinajstić information content (AvgIpc) is 2.32. The summed E-state index contributed by atoms with van der Waals surface area (Å²) in [7, 11) is 1.70. The molecule has 1 fully saturated rings. The van der Waals surface area contributed by atoms with Crippen LogP contribution in [0.25, 0.3) is 0 Å². The molecule has 2 N–H and O–H groups in total. The molecule has 2 heterocycles. The van der Waals surface area contributed by atoms with E-state index in [1.54, 1.807) is 16.8 Å². The maximum atomic E-state index is 11.6. The zero-order valence-corrected chi connectivity index (χ0v) is 9.87. The number of likely N-dealkylation sites (N-methyl/N-ethyl adjacent to an activating group) is 1. The van der Waals surface area contributed by atoms with Gasteiger partial charge in [-0.25, -0.2) is 4.98 Å². The van der Waals surface area contributed by atoms with E-state index in [9.17, 15) is 14.9 Å². The Balaban J connectivity index is 2.35. The Labute approximate surface area is 103 Å². The normalized spacial score (nSPS) is 15.9. The third-order valence-electron chi connectivity index (χ3n) is 2.83. The third kappa shape index (κ3) is 2.17. The molecule has 8 heteroatoms. The summed E-state index contributed by atoms with van der Waals surface area (Å²) in [5, 5.41) is 10.9. The Kier molecular flexibility index (Phi) is 3.00. The highest BCUT2D eigenvalue weighted by molar-refractivity contribution is 5.83. The van der Waals surface area contributed by atoms with Crippen molar-refractivity contribution < 1.29 is 9.72 Å². The summed E-state index contributed by atoms with van der Waals surface area (Å²) < 4.78 is 0.